The molecule has 1 N–H and O–H groups in total. The Morgan fingerprint density at radius 3 is 2.68 bits per heavy atom. The summed E-state index contributed by atoms with van der Waals surface area (Å²) in [5, 5.41) is 0.785. The topological polar surface area (TPSA) is 59.1 Å². The Kier molecular flexibility index (Phi) is 4.78. The lowest BCUT2D eigenvalue weighted by Crippen LogP contribution is -2.22. The van der Waals surface area contributed by atoms with Crippen LogP contribution in [0.1, 0.15) is 22.4 Å². The maximum Gasteiger partial charge on any atom is 0.250 e. The number of nitrogens with one attached hydrogen (secondary N) is 1. The van der Waals surface area contributed by atoms with Crippen LogP contribution in [0, 0.1) is 6.92 Å². The van der Waals surface area contributed by atoms with E-state index >= 15 is 0 Å². The number of hydrogen-bond acceptors (Lipinski definition) is 5. The molecule has 0 radical (unpaired) electrons. The molecule has 0 aromatic carbocycles. The normalized spacial score (nSPS) is 11.9. The van der Waals surface area contributed by atoms with Gasteiger partial charge in [0.25, 0.3) is 0 Å². The molecule has 104 valence electrons. The summed E-state index contributed by atoms with van der Waals surface area (Å²) in [6.07, 6.45) is 2.71. The number of thiophene rings is 1. The molecular weight excluding hydrogens is 368 g/mol. The second-order valence-corrected chi connectivity index (χ2v) is 9.48. The van der Waals surface area contributed by atoms with E-state index in [1.165, 1.54) is 22.7 Å². The number of sulfonamides is 1. The molecule has 2 rings (SSSR count). The summed E-state index contributed by atoms with van der Waals surface area (Å²) < 4.78 is 28.0. The summed E-state index contributed by atoms with van der Waals surface area (Å²) in [5.41, 5.74) is 0.924. The lowest BCUT2D eigenvalue weighted by Gasteiger charge is -2.01. The number of thiazole rings is 1. The predicted molar refractivity (Wildman–Crippen MR) is 82.3 cm³/mol. The molecule has 0 amide bonds. The number of aryl methyl sites for hydroxylation is 2. The Labute approximate surface area is 129 Å². The van der Waals surface area contributed by atoms with Gasteiger partial charge in [-0.1, -0.05) is 6.92 Å². The first-order valence-electron chi connectivity index (χ1n) is 5.61. The van der Waals surface area contributed by atoms with Gasteiger partial charge >= 0.3 is 0 Å². The number of halogens is 1. The molecule has 0 atom stereocenters. The number of hydrogen-bond donors (Lipinski definition) is 1. The maximum absolute atomic E-state index is 12.1. The van der Waals surface area contributed by atoms with Gasteiger partial charge in [0.15, 0.2) is 0 Å². The average Bonchev–Trinajstić information content (AvgIpc) is 2.95. The second-order valence-electron chi connectivity index (χ2n) is 3.92. The van der Waals surface area contributed by atoms with E-state index < -0.39 is 10.0 Å². The van der Waals surface area contributed by atoms with Gasteiger partial charge in [0.1, 0.15) is 9.22 Å². The lowest BCUT2D eigenvalue weighted by molar-refractivity contribution is 0.583. The molecule has 2 aromatic rings. The maximum atomic E-state index is 12.1. The minimum Gasteiger partial charge on any atom is -0.248 e. The zero-order chi connectivity index (χ0) is 14.0. The number of rotatable bonds is 5. The van der Waals surface area contributed by atoms with Gasteiger partial charge in [0, 0.05) is 11.1 Å². The van der Waals surface area contributed by atoms with Gasteiger partial charge in [-0.3, -0.25) is 0 Å². The lowest BCUT2D eigenvalue weighted by atomic mass is 10.4. The van der Waals surface area contributed by atoms with Crippen molar-refractivity contribution in [2.75, 3.05) is 0 Å². The third-order valence-corrected chi connectivity index (χ3v) is 7.62. The van der Waals surface area contributed by atoms with E-state index in [0.29, 0.717) is 4.21 Å². The molecule has 0 saturated carbocycles. The minimum absolute atomic E-state index is 0.238. The summed E-state index contributed by atoms with van der Waals surface area (Å²) in [7, 11) is -3.45. The number of aromatic nitrogens is 1. The molecule has 0 spiro atoms. The first kappa shape index (κ1) is 15.1. The minimum atomic E-state index is -3.45. The monoisotopic (exact) mass is 380 g/mol. The van der Waals surface area contributed by atoms with Crippen molar-refractivity contribution in [3.63, 3.8) is 0 Å². The Balaban J connectivity index is 2.09. The van der Waals surface area contributed by atoms with Crippen LogP contribution in [0.3, 0.4) is 0 Å². The second kappa shape index (κ2) is 6.01. The summed E-state index contributed by atoms with van der Waals surface area (Å²) in [5.74, 6) is 0. The van der Waals surface area contributed by atoms with Crippen molar-refractivity contribution in [3.8, 4) is 0 Å². The quantitative estimate of drug-likeness (QED) is 0.865. The fraction of sp³-hybridized carbons (Fsp3) is 0.364. The zero-order valence-electron chi connectivity index (χ0n) is 10.4. The van der Waals surface area contributed by atoms with Gasteiger partial charge in [0.05, 0.1) is 10.3 Å². The molecular formula is C11H13BrN2O2S3. The molecule has 0 bridgehead atoms. The molecule has 4 nitrogen and oxygen atoms in total. The van der Waals surface area contributed by atoms with Crippen LogP contribution in [-0.2, 0) is 23.0 Å². The van der Waals surface area contributed by atoms with E-state index in [9.17, 15) is 8.42 Å². The van der Waals surface area contributed by atoms with Crippen LogP contribution in [0.5, 0.6) is 0 Å². The van der Waals surface area contributed by atoms with Crippen molar-refractivity contribution < 1.29 is 8.42 Å². The van der Waals surface area contributed by atoms with Gasteiger partial charge in [-0.2, -0.15) is 0 Å². The van der Waals surface area contributed by atoms with Gasteiger partial charge in [-0.25, -0.2) is 18.1 Å². The smallest absolute Gasteiger partial charge is 0.248 e. The van der Waals surface area contributed by atoms with Crippen LogP contribution in [0.25, 0.3) is 0 Å². The van der Waals surface area contributed by atoms with Gasteiger partial charge < -0.3 is 0 Å². The zero-order valence-corrected chi connectivity index (χ0v) is 14.5. The van der Waals surface area contributed by atoms with E-state index in [2.05, 4.69) is 25.6 Å². The largest absolute Gasteiger partial charge is 0.250 e. The van der Waals surface area contributed by atoms with Crippen molar-refractivity contribution in [1.29, 1.82) is 0 Å². The first-order valence-corrected chi connectivity index (χ1v) is 9.52. The highest BCUT2D eigenvalue weighted by molar-refractivity contribution is 9.11. The molecule has 8 heteroatoms. The van der Waals surface area contributed by atoms with Crippen LogP contribution in [0.4, 0.5) is 0 Å². The molecule has 0 fully saturated rings. The predicted octanol–water partition coefficient (Wildman–Crippen LogP) is 3.32. The highest BCUT2D eigenvalue weighted by Crippen LogP contribution is 2.30. The third kappa shape index (κ3) is 3.63. The van der Waals surface area contributed by atoms with Crippen molar-refractivity contribution in [2.24, 2.45) is 0 Å². The Hall–Kier alpha value is -0.280. The molecule has 0 unspecified atom stereocenters. The highest BCUT2D eigenvalue weighted by Gasteiger charge is 2.18. The van der Waals surface area contributed by atoms with Crippen molar-refractivity contribution in [2.45, 2.75) is 31.0 Å². The SMILES string of the molecule is CCc1cnc(CNS(=O)(=O)c2cc(C)c(Br)s2)s1. The van der Waals surface area contributed by atoms with Crippen molar-refractivity contribution >= 4 is 48.6 Å². The Bertz CT molecular complexity index is 656. The van der Waals surface area contributed by atoms with Gasteiger partial charge in [0.2, 0.25) is 10.0 Å². The standard InChI is InChI=1S/C11H13BrN2O2S3/c1-3-8-5-13-9(17-8)6-14-19(15,16)10-4-7(2)11(12)18-10/h4-5,14H,3,6H2,1-2H3. The summed E-state index contributed by atoms with van der Waals surface area (Å²) in [6, 6.07) is 1.66. The summed E-state index contributed by atoms with van der Waals surface area (Å²) >= 11 is 6.08. The van der Waals surface area contributed by atoms with Crippen LogP contribution in [0.15, 0.2) is 20.3 Å². The summed E-state index contributed by atoms with van der Waals surface area (Å²) in [6.45, 7) is 4.16. The van der Waals surface area contributed by atoms with E-state index in [4.69, 9.17) is 0 Å². The van der Waals surface area contributed by atoms with E-state index in [1.807, 2.05) is 13.8 Å². The van der Waals surface area contributed by atoms with Crippen molar-refractivity contribution in [3.05, 3.63) is 31.5 Å². The molecule has 0 aliphatic heterocycles. The van der Waals surface area contributed by atoms with Gasteiger partial charge in [-0.15, -0.1) is 22.7 Å². The molecule has 2 heterocycles. The molecule has 0 aliphatic rings. The number of nitrogens with zero attached hydrogens (tertiary/aromatic N) is 1. The molecule has 2 aromatic heterocycles. The highest BCUT2D eigenvalue weighted by atomic mass is 79.9. The molecule has 0 saturated heterocycles. The van der Waals surface area contributed by atoms with Crippen LogP contribution < -0.4 is 4.72 Å². The Morgan fingerprint density at radius 1 is 1.42 bits per heavy atom. The molecule has 0 aliphatic carbocycles. The van der Waals surface area contributed by atoms with E-state index in [0.717, 1.165) is 25.7 Å². The first-order chi connectivity index (χ1) is 8.92. The molecule has 19 heavy (non-hydrogen) atoms. The van der Waals surface area contributed by atoms with Crippen LogP contribution >= 0.6 is 38.6 Å². The van der Waals surface area contributed by atoms with Gasteiger partial charge in [-0.05, 0) is 40.9 Å². The fourth-order valence-corrected chi connectivity index (χ4v) is 5.54. The van der Waals surface area contributed by atoms with E-state index in [-0.39, 0.29) is 6.54 Å². The van der Waals surface area contributed by atoms with Crippen molar-refractivity contribution in [1.82, 2.24) is 9.71 Å². The third-order valence-electron chi connectivity index (χ3n) is 2.46. The van der Waals surface area contributed by atoms with E-state index in [1.54, 1.807) is 12.3 Å². The Morgan fingerprint density at radius 2 is 2.16 bits per heavy atom. The summed E-state index contributed by atoms with van der Waals surface area (Å²) in [4.78, 5) is 5.35. The average molecular weight is 381 g/mol. The van der Waals surface area contributed by atoms with Crippen LogP contribution in [-0.4, -0.2) is 13.4 Å². The van der Waals surface area contributed by atoms with Crippen LogP contribution in [0.2, 0.25) is 0 Å². The fourth-order valence-electron chi connectivity index (χ4n) is 1.39.